The fourth-order valence-electron chi connectivity index (χ4n) is 4.17. The first-order valence-electron chi connectivity index (χ1n) is 12.5. The predicted octanol–water partition coefficient (Wildman–Crippen LogP) is 5.68. The summed E-state index contributed by atoms with van der Waals surface area (Å²) in [6, 6.07) is 18.8. The van der Waals surface area contributed by atoms with Crippen LogP contribution in [0.1, 0.15) is 48.6 Å². The van der Waals surface area contributed by atoms with Crippen molar-refractivity contribution in [3.8, 4) is 5.75 Å². The molecular weight excluding hydrogens is 467 g/mol. The summed E-state index contributed by atoms with van der Waals surface area (Å²) in [6.45, 7) is 11.6. The Balaban J connectivity index is 1.95. The van der Waals surface area contributed by atoms with E-state index in [0.29, 0.717) is 12.2 Å². The summed E-state index contributed by atoms with van der Waals surface area (Å²) in [6.07, 6.45) is 0.332. The van der Waals surface area contributed by atoms with Crippen molar-refractivity contribution in [1.82, 2.24) is 10.2 Å². The van der Waals surface area contributed by atoms with Gasteiger partial charge in [-0.1, -0.05) is 48.5 Å². The van der Waals surface area contributed by atoms with Crippen LogP contribution in [-0.2, 0) is 22.6 Å². The Labute approximate surface area is 219 Å². The van der Waals surface area contributed by atoms with Crippen molar-refractivity contribution in [2.45, 2.75) is 66.1 Å². The third-order valence-electron chi connectivity index (χ3n) is 6.15. The number of nitrogens with zero attached hydrogens (tertiary/aromatic N) is 1. The minimum Gasteiger partial charge on any atom is -0.483 e. The number of benzene rings is 3. The summed E-state index contributed by atoms with van der Waals surface area (Å²) in [5, 5.41) is 3.03. The number of halogens is 1. The standard InChI is InChI=1S/C31H37FN2O3/c1-21-16-22(2)23(3)28(17-21)37-20-29(35)34(19-25-12-14-26(32)15-13-25)27(30(36)33-31(4,5)6)18-24-10-8-7-9-11-24/h7-17,27H,18-20H2,1-6H3,(H,33,36). The zero-order valence-corrected chi connectivity index (χ0v) is 22.6. The Morgan fingerprint density at radius 1 is 0.946 bits per heavy atom. The minimum absolute atomic E-state index is 0.142. The van der Waals surface area contributed by atoms with Crippen LogP contribution in [0.4, 0.5) is 4.39 Å². The molecule has 0 saturated carbocycles. The first-order valence-corrected chi connectivity index (χ1v) is 12.5. The highest BCUT2D eigenvalue weighted by Gasteiger charge is 2.32. The van der Waals surface area contributed by atoms with Gasteiger partial charge in [-0.2, -0.15) is 0 Å². The number of rotatable bonds is 9. The molecular formula is C31H37FN2O3. The van der Waals surface area contributed by atoms with Crippen LogP contribution in [0.15, 0.2) is 66.7 Å². The van der Waals surface area contributed by atoms with Crippen LogP contribution >= 0.6 is 0 Å². The SMILES string of the molecule is Cc1cc(C)c(C)c(OCC(=O)N(Cc2ccc(F)cc2)C(Cc2ccccc2)C(=O)NC(C)(C)C)c1. The molecule has 0 radical (unpaired) electrons. The molecule has 0 aromatic heterocycles. The van der Waals surface area contributed by atoms with Crippen LogP contribution in [0.3, 0.4) is 0 Å². The summed E-state index contributed by atoms with van der Waals surface area (Å²) in [5.41, 5.74) is 4.26. The highest BCUT2D eigenvalue weighted by atomic mass is 19.1. The monoisotopic (exact) mass is 504 g/mol. The van der Waals surface area contributed by atoms with Gasteiger partial charge in [-0.15, -0.1) is 0 Å². The molecule has 0 saturated heterocycles. The van der Waals surface area contributed by atoms with Crippen molar-refractivity contribution in [2.24, 2.45) is 0 Å². The van der Waals surface area contributed by atoms with Crippen LogP contribution in [0.5, 0.6) is 5.75 Å². The average molecular weight is 505 g/mol. The minimum atomic E-state index is -0.789. The van der Waals surface area contributed by atoms with Crippen molar-refractivity contribution in [3.05, 3.63) is 100 Å². The molecule has 1 unspecified atom stereocenters. The Morgan fingerprint density at radius 3 is 2.22 bits per heavy atom. The maximum Gasteiger partial charge on any atom is 0.261 e. The van der Waals surface area contributed by atoms with Gasteiger partial charge in [-0.25, -0.2) is 4.39 Å². The van der Waals surface area contributed by atoms with Crippen molar-refractivity contribution in [2.75, 3.05) is 6.61 Å². The van der Waals surface area contributed by atoms with E-state index in [-0.39, 0.29) is 30.8 Å². The van der Waals surface area contributed by atoms with Gasteiger partial charge in [0, 0.05) is 18.5 Å². The van der Waals surface area contributed by atoms with Crippen LogP contribution in [0.2, 0.25) is 0 Å². The quantitative estimate of drug-likeness (QED) is 0.408. The molecule has 0 spiro atoms. The average Bonchev–Trinajstić information content (AvgIpc) is 2.83. The molecule has 6 heteroatoms. The zero-order valence-electron chi connectivity index (χ0n) is 22.6. The number of nitrogens with one attached hydrogen (secondary N) is 1. The summed E-state index contributed by atoms with van der Waals surface area (Å²) in [4.78, 5) is 28.8. The van der Waals surface area contributed by atoms with E-state index in [1.807, 2.05) is 77.9 Å². The Hall–Kier alpha value is -3.67. The van der Waals surface area contributed by atoms with Gasteiger partial charge in [0.15, 0.2) is 6.61 Å². The number of carbonyl (C=O) groups is 2. The maximum absolute atomic E-state index is 13.7. The number of hydrogen-bond acceptors (Lipinski definition) is 3. The van der Waals surface area contributed by atoms with E-state index in [9.17, 15) is 14.0 Å². The van der Waals surface area contributed by atoms with Gasteiger partial charge in [-0.3, -0.25) is 9.59 Å². The number of hydrogen-bond donors (Lipinski definition) is 1. The first kappa shape index (κ1) is 27.9. The molecule has 5 nitrogen and oxygen atoms in total. The lowest BCUT2D eigenvalue weighted by atomic mass is 10.0. The summed E-state index contributed by atoms with van der Waals surface area (Å²) < 4.78 is 19.6. The third kappa shape index (κ3) is 8.17. The second-order valence-corrected chi connectivity index (χ2v) is 10.6. The summed E-state index contributed by atoms with van der Waals surface area (Å²) in [5.74, 6) is -0.296. The van der Waals surface area contributed by atoms with Gasteiger partial charge < -0.3 is 15.0 Å². The van der Waals surface area contributed by atoms with E-state index in [0.717, 1.165) is 27.8 Å². The lowest BCUT2D eigenvalue weighted by Gasteiger charge is -2.33. The van der Waals surface area contributed by atoms with Crippen molar-refractivity contribution < 1.29 is 18.7 Å². The second-order valence-electron chi connectivity index (χ2n) is 10.6. The van der Waals surface area contributed by atoms with E-state index in [1.54, 1.807) is 17.0 Å². The molecule has 1 N–H and O–H groups in total. The highest BCUT2D eigenvalue weighted by molar-refractivity contribution is 5.89. The Kier molecular flexibility index (Phi) is 9.09. The molecule has 0 aliphatic carbocycles. The van der Waals surface area contributed by atoms with E-state index < -0.39 is 11.6 Å². The van der Waals surface area contributed by atoms with Gasteiger partial charge in [0.1, 0.15) is 17.6 Å². The highest BCUT2D eigenvalue weighted by Crippen LogP contribution is 2.24. The topological polar surface area (TPSA) is 58.6 Å². The molecule has 3 rings (SSSR count). The van der Waals surface area contributed by atoms with Gasteiger partial charge in [0.2, 0.25) is 5.91 Å². The Morgan fingerprint density at radius 2 is 1.59 bits per heavy atom. The number of carbonyl (C=O) groups excluding carboxylic acids is 2. The smallest absolute Gasteiger partial charge is 0.261 e. The second kappa shape index (κ2) is 12.0. The molecule has 0 heterocycles. The van der Waals surface area contributed by atoms with E-state index >= 15 is 0 Å². The van der Waals surface area contributed by atoms with Crippen molar-refractivity contribution in [3.63, 3.8) is 0 Å². The lowest BCUT2D eigenvalue weighted by molar-refractivity contribution is -0.143. The largest absolute Gasteiger partial charge is 0.483 e. The molecule has 196 valence electrons. The number of aryl methyl sites for hydroxylation is 2. The third-order valence-corrected chi connectivity index (χ3v) is 6.15. The van der Waals surface area contributed by atoms with Crippen LogP contribution in [0.25, 0.3) is 0 Å². The molecule has 0 bridgehead atoms. The zero-order chi connectivity index (χ0) is 27.2. The number of amides is 2. The van der Waals surface area contributed by atoms with E-state index in [1.165, 1.54) is 12.1 Å². The summed E-state index contributed by atoms with van der Waals surface area (Å²) >= 11 is 0. The normalized spacial score (nSPS) is 12.1. The van der Waals surface area contributed by atoms with Gasteiger partial charge in [-0.05, 0) is 87.6 Å². The van der Waals surface area contributed by atoms with Crippen LogP contribution < -0.4 is 10.1 Å². The van der Waals surface area contributed by atoms with E-state index in [4.69, 9.17) is 4.74 Å². The fraction of sp³-hybridized carbons (Fsp3) is 0.355. The van der Waals surface area contributed by atoms with Crippen molar-refractivity contribution >= 4 is 11.8 Å². The van der Waals surface area contributed by atoms with Crippen molar-refractivity contribution in [1.29, 1.82) is 0 Å². The molecule has 0 aliphatic heterocycles. The Bertz CT molecular complexity index is 1220. The van der Waals surface area contributed by atoms with Gasteiger partial charge in [0.05, 0.1) is 0 Å². The molecule has 1 atom stereocenters. The molecule has 37 heavy (non-hydrogen) atoms. The summed E-state index contributed by atoms with van der Waals surface area (Å²) in [7, 11) is 0. The molecule has 0 aliphatic rings. The van der Waals surface area contributed by atoms with Gasteiger partial charge in [0.25, 0.3) is 5.91 Å². The molecule has 3 aromatic carbocycles. The van der Waals surface area contributed by atoms with Crippen LogP contribution in [-0.4, -0.2) is 34.9 Å². The van der Waals surface area contributed by atoms with E-state index in [2.05, 4.69) is 11.4 Å². The number of ether oxygens (including phenoxy) is 1. The van der Waals surface area contributed by atoms with Gasteiger partial charge >= 0.3 is 0 Å². The van der Waals surface area contributed by atoms with Crippen LogP contribution in [0, 0.1) is 26.6 Å². The maximum atomic E-state index is 13.7. The molecule has 3 aromatic rings. The first-order chi connectivity index (χ1) is 17.4. The molecule has 2 amide bonds. The lowest BCUT2D eigenvalue weighted by Crippen LogP contribution is -2.55. The molecule has 0 fully saturated rings. The predicted molar refractivity (Wildman–Crippen MR) is 145 cm³/mol. The fourth-order valence-corrected chi connectivity index (χ4v) is 4.17.